The monoisotopic (exact) mass is 239 g/mol. The third-order valence-corrected chi connectivity index (χ3v) is 3.26. The number of amides is 1. The Kier molecular flexibility index (Phi) is 2.93. The van der Waals surface area contributed by atoms with Crippen LogP contribution in [0.4, 0.5) is 0 Å². The molecule has 0 spiro atoms. The molecule has 2 rings (SSSR count). The van der Waals surface area contributed by atoms with Crippen molar-refractivity contribution in [2.45, 2.75) is 12.5 Å². The second-order valence-electron chi connectivity index (χ2n) is 3.75. The van der Waals surface area contributed by atoms with Crippen LogP contribution in [0.2, 0.25) is 0 Å². The number of aromatic nitrogens is 2. The molecule has 6 heteroatoms. The first-order chi connectivity index (χ1) is 7.59. The van der Waals surface area contributed by atoms with Gasteiger partial charge in [-0.2, -0.15) is 0 Å². The number of hydrogen-bond donors (Lipinski definition) is 1. The van der Waals surface area contributed by atoms with Crippen molar-refractivity contribution in [1.29, 1.82) is 0 Å². The van der Waals surface area contributed by atoms with Crippen molar-refractivity contribution in [3.05, 3.63) is 23.6 Å². The normalized spacial score (nSPS) is 12.9. The lowest BCUT2D eigenvalue weighted by Gasteiger charge is -2.12. The Hall–Kier alpha value is -1.40. The molecule has 0 saturated carbocycles. The summed E-state index contributed by atoms with van der Waals surface area (Å²) < 4.78 is 1.84. The van der Waals surface area contributed by atoms with Crippen LogP contribution in [0, 0.1) is 0 Å². The maximum Gasteiger partial charge on any atom is 0.225 e. The average molecular weight is 239 g/mol. The molecule has 0 aliphatic heterocycles. The Morgan fingerprint density at radius 2 is 2.44 bits per heavy atom. The molecule has 0 radical (unpaired) electrons. The number of hydrogen-bond acceptors (Lipinski definition) is 4. The van der Waals surface area contributed by atoms with E-state index in [4.69, 9.17) is 0 Å². The number of thiazole rings is 1. The largest absolute Gasteiger partial charge is 0.386 e. The predicted octanol–water partition coefficient (Wildman–Crippen LogP) is 0.907. The minimum atomic E-state index is -0.835. The predicted molar refractivity (Wildman–Crippen MR) is 61.3 cm³/mol. The van der Waals surface area contributed by atoms with Gasteiger partial charge >= 0.3 is 0 Å². The highest BCUT2D eigenvalue weighted by Gasteiger charge is 2.19. The topological polar surface area (TPSA) is 57.8 Å². The molecule has 0 bridgehead atoms. The van der Waals surface area contributed by atoms with Gasteiger partial charge in [-0.1, -0.05) is 0 Å². The van der Waals surface area contributed by atoms with Gasteiger partial charge in [0.25, 0.3) is 0 Å². The van der Waals surface area contributed by atoms with Gasteiger partial charge in [0, 0.05) is 25.7 Å². The average Bonchev–Trinajstić information content (AvgIpc) is 2.77. The van der Waals surface area contributed by atoms with E-state index in [9.17, 15) is 9.90 Å². The second kappa shape index (κ2) is 4.23. The van der Waals surface area contributed by atoms with E-state index >= 15 is 0 Å². The number of nitrogens with zero attached hydrogens (tertiary/aromatic N) is 3. The van der Waals surface area contributed by atoms with Gasteiger partial charge in [0.15, 0.2) is 0 Å². The lowest BCUT2D eigenvalue weighted by Crippen LogP contribution is -2.23. The van der Waals surface area contributed by atoms with Crippen LogP contribution in [0.5, 0.6) is 0 Å². The van der Waals surface area contributed by atoms with Gasteiger partial charge in [-0.05, 0) is 0 Å². The van der Waals surface area contributed by atoms with E-state index in [1.165, 1.54) is 16.2 Å². The molecular formula is C10H13N3O2S. The molecule has 0 fully saturated rings. The van der Waals surface area contributed by atoms with E-state index in [1.807, 2.05) is 16.0 Å². The molecule has 1 N–H and O–H groups in total. The van der Waals surface area contributed by atoms with E-state index < -0.39 is 6.10 Å². The van der Waals surface area contributed by atoms with Crippen molar-refractivity contribution in [2.75, 3.05) is 14.1 Å². The summed E-state index contributed by atoms with van der Waals surface area (Å²) in [5.41, 5.74) is 0.574. The maximum atomic E-state index is 11.5. The molecule has 0 saturated heterocycles. The molecule has 2 heterocycles. The summed E-state index contributed by atoms with van der Waals surface area (Å²) in [5, 5.41) is 11.8. The third-order valence-electron chi connectivity index (χ3n) is 2.36. The lowest BCUT2D eigenvalue weighted by atomic mass is 10.2. The Balaban J connectivity index is 2.19. The van der Waals surface area contributed by atoms with Gasteiger partial charge in [0.2, 0.25) is 5.91 Å². The zero-order valence-corrected chi connectivity index (χ0v) is 9.94. The second-order valence-corrected chi connectivity index (χ2v) is 4.65. The fraction of sp³-hybridized carbons (Fsp3) is 0.400. The van der Waals surface area contributed by atoms with E-state index in [-0.39, 0.29) is 12.3 Å². The first kappa shape index (κ1) is 11.1. The number of imidazole rings is 1. The van der Waals surface area contributed by atoms with Gasteiger partial charge in [0.05, 0.1) is 6.42 Å². The van der Waals surface area contributed by atoms with Crippen LogP contribution in [-0.2, 0) is 4.79 Å². The highest BCUT2D eigenvalue weighted by Crippen LogP contribution is 2.24. The lowest BCUT2D eigenvalue weighted by molar-refractivity contribution is -0.130. The van der Waals surface area contributed by atoms with Crippen LogP contribution in [-0.4, -0.2) is 39.4 Å². The van der Waals surface area contributed by atoms with Crippen molar-refractivity contribution in [3.63, 3.8) is 0 Å². The molecule has 1 unspecified atom stereocenters. The Bertz CT molecular complexity index is 503. The third kappa shape index (κ3) is 1.94. The first-order valence-electron chi connectivity index (χ1n) is 4.88. The van der Waals surface area contributed by atoms with E-state index in [0.717, 1.165) is 4.83 Å². The Morgan fingerprint density at radius 3 is 3.12 bits per heavy atom. The van der Waals surface area contributed by atoms with Crippen molar-refractivity contribution in [1.82, 2.24) is 14.3 Å². The van der Waals surface area contributed by atoms with Crippen molar-refractivity contribution < 1.29 is 9.90 Å². The maximum absolute atomic E-state index is 11.5. The smallest absolute Gasteiger partial charge is 0.225 e. The first-order valence-corrected chi connectivity index (χ1v) is 5.76. The van der Waals surface area contributed by atoms with Crippen LogP contribution < -0.4 is 0 Å². The fourth-order valence-electron chi connectivity index (χ4n) is 1.43. The van der Waals surface area contributed by atoms with Gasteiger partial charge in [-0.25, -0.2) is 4.98 Å². The Labute approximate surface area is 96.9 Å². The van der Waals surface area contributed by atoms with Crippen LogP contribution >= 0.6 is 11.3 Å². The molecule has 1 atom stereocenters. The zero-order valence-electron chi connectivity index (χ0n) is 9.12. The quantitative estimate of drug-likeness (QED) is 0.866. The summed E-state index contributed by atoms with van der Waals surface area (Å²) >= 11 is 1.50. The highest BCUT2D eigenvalue weighted by atomic mass is 32.1. The molecule has 2 aromatic heterocycles. The molecule has 5 nitrogen and oxygen atoms in total. The summed E-state index contributed by atoms with van der Waals surface area (Å²) in [6.07, 6.45) is 2.75. The number of aliphatic hydroxyl groups is 1. The molecule has 0 aromatic carbocycles. The molecular weight excluding hydrogens is 226 g/mol. The summed E-state index contributed by atoms with van der Waals surface area (Å²) in [6, 6.07) is 0. The van der Waals surface area contributed by atoms with Crippen LogP contribution in [0.15, 0.2) is 17.9 Å². The number of carbonyl (C=O) groups is 1. The highest BCUT2D eigenvalue weighted by molar-refractivity contribution is 7.15. The molecule has 0 aliphatic carbocycles. The molecule has 16 heavy (non-hydrogen) atoms. The number of carbonyl (C=O) groups excluding carboxylic acids is 1. The Morgan fingerprint density at radius 1 is 1.69 bits per heavy atom. The fourth-order valence-corrected chi connectivity index (χ4v) is 2.29. The van der Waals surface area contributed by atoms with Gasteiger partial charge in [-0.15, -0.1) is 11.3 Å². The van der Waals surface area contributed by atoms with E-state index in [1.54, 1.807) is 20.4 Å². The zero-order chi connectivity index (χ0) is 11.7. The van der Waals surface area contributed by atoms with Crippen LogP contribution in [0.3, 0.4) is 0 Å². The molecule has 2 aromatic rings. The summed E-state index contributed by atoms with van der Waals surface area (Å²) in [5.74, 6) is -0.106. The van der Waals surface area contributed by atoms with Gasteiger partial charge in [-0.3, -0.25) is 9.20 Å². The van der Waals surface area contributed by atoms with Gasteiger partial charge in [0.1, 0.15) is 23.0 Å². The SMILES string of the molecule is CN(C)C(=O)CC(O)c1ncn2ccsc12. The summed E-state index contributed by atoms with van der Waals surface area (Å²) in [4.78, 5) is 17.9. The standard InChI is InChI=1S/C10H13N3O2S/c1-12(2)8(15)5-7(14)9-10-13(6-11-9)3-4-16-10/h3-4,6-7,14H,5H2,1-2H3. The van der Waals surface area contributed by atoms with Crippen LogP contribution in [0.1, 0.15) is 18.2 Å². The van der Waals surface area contributed by atoms with Crippen molar-refractivity contribution >= 4 is 22.1 Å². The van der Waals surface area contributed by atoms with Crippen molar-refractivity contribution in [2.24, 2.45) is 0 Å². The summed E-state index contributed by atoms with van der Waals surface area (Å²) in [7, 11) is 3.34. The number of rotatable bonds is 3. The number of fused-ring (bicyclic) bond motifs is 1. The molecule has 0 aliphatic rings. The van der Waals surface area contributed by atoms with E-state index in [0.29, 0.717) is 5.69 Å². The van der Waals surface area contributed by atoms with Crippen molar-refractivity contribution in [3.8, 4) is 0 Å². The van der Waals surface area contributed by atoms with Crippen LogP contribution in [0.25, 0.3) is 4.83 Å². The minimum Gasteiger partial charge on any atom is -0.386 e. The molecule has 86 valence electrons. The van der Waals surface area contributed by atoms with E-state index in [2.05, 4.69) is 4.98 Å². The minimum absolute atomic E-state index is 0.0670. The number of aliphatic hydroxyl groups excluding tert-OH is 1. The summed E-state index contributed by atoms with van der Waals surface area (Å²) in [6.45, 7) is 0. The van der Waals surface area contributed by atoms with Gasteiger partial charge < -0.3 is 10.0 Å². The molecule has 1 amide bonds.